The van der Waals surface area contributed by atoms with E-state index < -0.39 is 0 Å². The van der Waals surface area contributed by atoms with Crippen molar-refractivity contribution in [3.8, 4) is 5.88 Å². The predicted octanol–water partition coefficient (Wildman–Crippen LogP) is 4.73. The third-order valence-electron chi connectivity index (χ3n) is 5.63. The molecular formula is C22H28N4OS. The lowest BCUT2D eigenvalue weighted by Crippen LogP contribution is -2.38. The maximum atomic E-state index is 5.34. The van der Waals surface area contributed by atoms with Crippen LogP contribution >= 0.6 is 11.3 Å². The van der Waals surface area contributed by atoms with E-state index in [1.54, 1.807) is 18.4 Å². The zero-order chi connectivity index (χ0) is 19.7. The lowest BCUT2D eigenvalue weighted by molar-refractivity contribution is 0.129. The van der Waals surface area contributed by atoms with Gasteiger partial charge in [0.1, 0.15) is 0 Å². The molecule has 0 aromatic carbocycles. The molecule has 1 fully saturated rings. The Kier molecular flexibility index (Phi) is 5.60. The number of ether oxygens (including phenoxy) is 1. The van der Waals surface area contributed by atoms with Gasteiger partial charge in [-0.3, -0.25) is 4.90 Å². The monoisotopic (exact) mass is 396 g/mol. The molecule has 5 nitrogen and oxygen atoms in total. The highest BCUT2D eigenvalue weighted by Crippen LogP contribution is 2.30. The largest absolute Gasteiger partial charge is 0.481 e. The van der Waals surface area contributed by atoms with Gasteiger partial charge < -0.3 is 4.74 Å². The molecule has 0 saturated carbocycles. The zero-order valence-electron chi connectivity index (χ0n) is 17.1. The van der Waals surface area contributed by atoms with Gasteiger partial charge in [0.05, 0.1) is 22.5 Å². The molecule has 1 aliphatic heterocycles. The maximum absolute atomic E-state index is 5.34. The Morgan fingerprint density at radius 1 is 1.21 bits per heavy atom. The van der Waals surface area contributed by atoms with Crippen molar-refractivity contribution in [3.63, 3.8) is 0 Å². The second-order valence-electron chi connectivity index (χ2n) is 7.83. The van der Waals surface area contributed by atoms with Crippen molar-refractivity contribution in [1.29, 1.82) is 0 Å². The lowest BCUT2D eigenvalue weighted by Gasteiger charge is -2.36. The number of aromatic nitrogens is 3. The van der Waals surface area contributed by atoms with Crippen molar-refractivity contribution >= 4 is 21.7 Å². The number of pyridine rings is 2. The molecule has 4 rings (SSSR count). The zero-order valence-corrected chi connectivity index (χ0v) is 17.9. The van der Waals surface area contributed by atoms with Crippen LogP contribution in [0.3, 0.4) is 0 Å². The lowest BCUT2D eigenvalue weighted by atomic mass is 9.90. The fourth-order valence-electron chi connectivity index (χ4n) is 4.24. The Labute approximate surface area is 170 Å². The topological polar surface area (TPSA) is 51.1 Å². The van der Waals surface area contributed by atoms with Crippen LogP contribution in [0.4, 0.5) is 0 Å². The molecule has 0 radical (unpaired) electrons. The minimum atomic E-state index is 0.308. The molecular weight excluding hydrogens is 368 g/mol. The Morgan fingerprint density at radius 2 is 2.07 bits per heavy atom. The van der Waals surface area contributed by atoms with E-state index >= 15 is 0 Å². The van der Waals surface area contributed by atoms with Gasteiger partial charge in [-0.25, -0.2) is 15.0 Å². The van der Waals surface area contributed by atoms with E-state index in [9.17, 15) is 0 Å². The Balaban J connectivity index is 1.47. The van der Waals surface area contributed by atoms with Gasteiger partial charge in [0.15, 0.2) is 5.65 Å². The summed E-state index contributed by atoms with van der Waals surface area (Å²) in [5, 5.41) is 1.08. The van der Waals surface area contributed by atoms with Crippen LogP contribution in [0.5, 0.6) is 5.88 Å². The van der Waals surface area contributed by atoms with E-state index in [2.05, 4.69) is 46.1 Å². The standard InChI is InChI=1S/C22H28N4OS/c1-14-10-18(12-21(23-14)27-4)11-17-6-5-9-26(13-17)15(2)19-7-8-20-22(25-19)24-16(3)28-20/h7-8,10,12,15,17H,5-6,9,11,13H2,1-4H3/t15?,17-/m1/s1. The van der Waals surface area contributed by atoms with E-state index in [1.165, 1.54) is 23.1 Å². The number of fused-ring (bicyclic) bond motifs is 1. The van der Waals surface area contributed by atoms with Gasteiger partial charge in [0.25, 0.3) is 0 Å². The number of rotatable bonds is 5. The molecule has 0 spiro atoms. The van der Waals surface area contributed by atoms with Gasteiger partial charge in [0.2, 0.25) is 5.88 Å². The molecule has 3 aromatic heterocycles. The highest BCUT2D eigenvalue weighted by atomic mass is 32.1. The molecule has 148 valence electrons. The first kappa shape index (κ1) is 19.3. The number of hydrogen-bond acceptors (Lipinski definition) is 6. The fraction of sp³-hybridized carbons (Fsp3) is 0.500. The summed E-state index contributed by atoms with van der Waals surface area (Å²) in [4.78, 5) is 16.4. The predicted molar refractivity (Wildman–Crippen MR) is 114 cm³/mol. The summed E-state index contributed by atoms with van der Waals surface area (Å²) in [6.45, 7) is 8.58. The van der Waals surface area contributed by atoms with Crippen molar-refractivity contribution in [1.82, 2.24) is 19.9 Å². The molecule has 2 atom stereocenters. The van der Waals surface area contributed by atoms with Crippen LogP contribution in [0, 0.1) is 19.8 Å². The van der Waals surface area contributed by atoms with Crippen molar-refractivity contribution in [3.05, 3.63) is 46.2 Å². The van der Waals surface area contributed by atoms with Crippen LogP contribution < -0.4 is 4.74 Å². The summed E-state index contributed by atoms with van der Waals surface area (Å²) in [6.07, 6.45) is 3.57. The van der Waals surface area contributed by atoms with Crippen LogP contribution in [-0.2, 0) is 6.42 Å². The number of methoxy groups -OCH3 is 1. The van der Waals surface area contributed by atoms with Crippen molar-refractivity contribution in [2.24, 2.45) is 5.92 Å². The third kappa shape index (κ3) is 4.18. The summed E-state index contributed by atoms with van der Waals surface area (Å²) in [5.74, 6) is 1.36. The number of piperidine rings is 1. The summed E-state index contributed by atoms with van der Waals surface area (Å²) >= 11 is 1.71. The second-order valence-corrected chi connectivity index (χ2v) is 9.07. The average molecular weight is 397 g/mol. The first-order chi connectivity index (χ1) is 13.5. The number of thiazole rings is 1. The molecule has 0 bridgehead atoms. The minimum Gasteiger partial charge on any atom is -0.481 e. The SMILES string of the molecule is COc1cc(C[C@H]2CCCN(C(C)c3ccc4sc(C)nc4n3)C2)cc(C)n1. The van der Waals surface area contributed by atoms with Crippen molar-refractivity contribution in [2.45, 2.75) is 46.1 Å². The van der Waals surface area contributed by atoms with Crippen LogP contribution in [0.1, 0.15) is 47.8 Å². The van der Waals surface area contributed by atoms with Crippen LogP contribution in [0.15, 0.2) is 24.3 Å². The third-order valence-corrected chi connectivity index (χ3v) is 6.56. The Bertz CT molecular complexity index is 970. The Morgan fingerprint density at radius 3 is 2.89 bits per heavy atom. The van der Waals surface area contributed by atoms with E-state index in [1.807, 2.05) is 13.8 Å². The van der Waals surface area contributed by atoms with Crippen LogP contribution in [0.25, 0.3) is 10.3 Å². The number of likely N-dealkylation sites (tertiary alicyclic amines) is 1. The van der Waals surface area contributed by atoms with Gasteiger partial charge in [-0.05, 0) is 76.3 Å². The summed E-state index contributed by atoms with van der Waals surface area (Å²) in [7, 11) is 1.68. The first-order valence-corrected chi connectivity index (χ1v) is 10.8. The first-order valence-electron chi connectivity index (χ1n) is 10.0. The molecule has 28 heavy (non-hydrogen) atoms. The summed E-state index contributed by atoms with van der Waals surface area (Å²) < 4.78 is 6.52. The van der Waals surface area contributed by atoms with E-state index in [0.717, 1.165) is 41.6 Å². The van der Waals surface area contributed by atoms with Gasteiger partial charge >= 0.3 is 0 Å². The molecule has 1 aliphatic rings. The number of aryl methyl sites for hydroxylation is 2. The second kappa shape index (κ2) is 8.13. The molecule has 0 N–H and O–H groups in total. The molecule has 6 heteroatoms. The molecule has 1 saturated heterocycles. The van der Waals surface area contributed by atoms with Crippen molar-refractivity contribution < 1.29 is 4.74 Å². The average Bonchev–Trinajstić information content (AvgIpc) is 3.06. The van der Waals surface area contributed by atoms with E-state index in [-0.39, 0.29) is 0 Å². The van der Waals surface area contributed by atoms with Crippen molar-refractivity contribution in [2.75, 3.05) is 20.2 Å². The minimum absolute atomic E-state index is 0.308. The number of nitrogens with zero attached hydrogens (tertiary/aromatic N) is 4. The van der Waals surface area contributed by atoms with Gasteiger partial charge in [-0.15, -0.1) is 11.3 Å². The van der Waals surface area contributed by atoms with Gasteiger partial charge in [-0.1, -0.05) is 0 Å². The smallest absolute Gasteiger partial charge is 0.213 e. The number of hydrogen-bond donors (Lipinski definition) is 0. The van der Waals surface area contributed by atoms with Crippen LogP contribution in [0.2, 0.25) is 0 Å². The van der Waals surface area contributed by atoms with Gasteiger partial charge in [-0.2, -0.15) is 0 Å². The molecule has 3 aromatic rings. The highest BCUT2D eigenvalue weighted by molar-refractivity contribution is 7.18. The normalized spacial score (nSPS) is 19.1. The fourth-order valence-corrected chi connectivity index (χ4v) is 5.01. The highest BCUT2D eigenvalue weighted by Gasteiger charge is 2.25. The maximum Gasteiger partial charge on any atom is 0.213 e. The van der Waals surface area contributed by atoms with Crippen LogP contribution in [-0.4, -0.2) is 40.1 Å². The molecule has 0 aliphatic carbocycles. The van der Waals surface area contributed by atoms with E-state index in [0.29, 0.717) is 17.8 Å². The molecule has 1 unspecified atom stereocenters. The quantitative estimate of drug-likeness (QED) is 0.624. The Hall–Kier alpha value is -2.05. The summed E-state index contributed by atoms with van der Waals surface area (Å²) in [6, 6.07) is 8.92. The molecule has 4 heterocycles. The van der Waals surface area contributed by atoms with Gasteiger partial charge in [0, 0.05) is 24.3 Å². The van der Waals surface area contributed by atoms with E-state index in [4.69, 9.17) is 9.72 Å². The summed E-state index contributed by atoms with van der Waals surface area (Å²) in [5.41, 5.74) is 4.35. The molecule has 0 amide bonds.